The molecule has 4 nitrogen and oxygen atoms in total. The van der Waals surface area contributed by atoms with Crippen LogP contribution in [0.5, 0.6) is 5.75 Å². The number of alkyl halides is 3. The average molecular weight is 634 g/mol. The summed E-state index contributed by atoms with van der Waals surface area (Å²) in [5.74, 6) is -0.587. The smallest absolute Gasteiger partial charge is 0.417 e. The first-order chi connectivity index (χ1) is 20.6. The fourth-order valence-electron chi connectivity index (χ4n) is 4.98. The van der Waals surface area contributed by atoms with Gasteiger partial charge < -0.3 is 14.4 Å². The molecule has 0 bridgehead atoms. The Bertz CT molecular complexity index is 1440. The second kappa shape index (κ2) is 15.1. The first kappa shape index (κ1) is 32.8. The molecule has 43 heavy (non-hydrogen) atoms. The van der Waals surface area contributed by atoms with Crippen LogP contribution in [-0.2, 0) is 19.3 Å². The SMILES string of the molecule is C[C@H](CCOc1cc(F)c(CO)c(SO)c1)N(Cc1cccc(C(F)(F)F)c1Cl)CC(c1ccccc1)c1ccccc1. The van der Waals surface area contributed by atoms with E-state index in [2.05, 4.69) is 4.90 Å². The van der Waals surface area contributed by atoms with E-state index in [1.54, 1.807) is 6.07 Å². The summed E-state index contributed by atoms with van der Waals surface area (Å²) in [5, 5.41) is 9.06. The first-order valence-electron chi connectivity index (χ1n) is 13.7. The van der Waals surface area contributed by atoms with Gasteiger partial charge in [0, 0.05) is 53.6 Å². The summed E-state index contributed by atoms with van der Waals surface area (Å²) in [4.78, 5) is 2.24. The minimum absolute atomic E-state index is 0.0229. The highest BCUT2D eigenvalue weighted by Gasteiger charge is 2.34. The minimum atomic E-state index is -4.58. The van der Waals surface area contributed by atoms with E-state index in [-0.39, 0.29) is 46.3 Å². The van der Waals surface area contributed by atoms with E-state index < -0.39 is 24.2 Å². The van der Waals surface area contributed by atoms with Gasteiger partial charge in [0.25, 0.3) is 0 Å². The molecule has 1 atom stereocenters. The van der Waals surface area contributed by atoms with Crippen molar-refractivity contribution in [2.75, 3.05) is 13.2 Å². The molecule has 0 unspecified atom stereocenters. The summed E-state index contributed by atoms with van der Waals surface area (Å²) in [6, 6.07) is 26.2. The third kappa shape index (κ3) is 8.52. The molecule has 2 N–H and O–H groups in total. The van der Waals surface area contributed by atoms with E-state index in [9.17, 15) is 27.2 Å². The topological polar surface area (TPSA) is 52.9 Å². The first-order valence-corrected chi connectivity index (χ1v) is 14.8. The van der Waals surface area contributed by atoms with E-state index in [1.165, 1.54) is 12.1 Å². The molecule has 0 saturated carbocycles. The van der Waals surface area contributed by atoms with Gasteiger partial charge in [-0.05, 0) is 42.2 Å². The van der Waals surface area contributed by atoms with E-state index in [0.29, 0.717) is 30.6 Å². The Morgan fingerprint density at radius 2 is 1.56 bits per heavy atom. The predicted octanol–water partition coefficient (Wildman–Crippen LogP) is 9.05. The molecule has 4 rings (SSSR count). The van der Waals surface area contributed by atoms with Gasteiger partial charge in [-0.3, -0.25) is 4.90 Å². The monoisotopic (exact) mass is 633 g/mol. The highest BCUT2D eigenvalue weighted by atomic mass is 35.5. The lowest BCUT2D eigenvalue weighted by Crippen LogP contribution is -2.37. The Labute approximate surface area is 258 Å². The fourth-order valence-corrected chi connectivity index (χ4v) is 5.72. The van der Waals surface area contributed by atoms with E-state index in [1.807, 2.05) is 67.6 Å². The molecule has 228 valence electrons. The van der Waals surface area contributed by atoms with Gasteiger partial charge in [0.15, 0.2) is 0 Å². The Morgan fingerprint density at radius 3 is 2.12 bits per heavy atom. The summed E-state index contributed by atoms with van der Waals surface area (Å²) in [6.07, 6.45) is -4.13. The lowest BCUT2D eigenvalue weighted by molar-refractivity contribution is -0.137. The minimum Gasteiger partial charge on any atom is -0.493 e. The highest BCUT2D eigenvalue weighted by Crippen LogP contribution is 2.37. The predicted molar refractivity (Wildman–Crippen MR) is 162 cm³/mol. The van der Waals surface area contributed by atoms with Crippen LogP contribution < -0.4 is 4.74 Å². The van der Waals surface area contributed by atoms with Gasteiger partial charge in [0.05, 0.1) is 23.8 Å². The number of ether oxygens (including phenoxy) is 1. The summed E-state index contributed by atoms with van der Waals surface area (Å²) < 4.78 is 70.7. The molecule has 0 spiro atoms. The molecule has 0 aromatic heterocycles. The van der Waals surface area contributed by atoms with Crippen molar-refractivity contribution >= 4 is 23.6 Å². The van der Waals surface area contributed by atoms with E-state index in [4.69, 9.17) is 16.3 Å². The molecule has 10 heteroatoms. The zero-order chi connectivity index (χ0) is 31.0. The maximum atomic E-state index is 14.4. The molecule has 4 aromatic carbocycles. The molecule has 0 aliphatic carbocycles. The number of nitrogens with zero attached hydrogens (tertiary/aromatic N) is 1. The molecule has 0 heterocycles. The standard InChI is InChI=1S/C33H32ClF4NO3S/c1-22(15-16-42-26-17-30(35)28(21-40)31(18-26)43-41)39(19-25-13-8-14-29(32(25)34)33(36,37)38)20-27(23-9-4-2-5-10-23)24-11-6-3-7-12-24/h2-14,17-18,22,27,40-41H,15-16,19-21H2,1H3/t22-/m1/s1. The third-order valence-corrected chi connectivity index (χ3v) is 8.40. The lowest BCUT2D eigenvalue weighted by atomic mass is 9.90. The Balaban J connectivity index is 1.61. The maximum Gasteiger partial charge on any atom is 0.417 e. The summed E-state index contributed by atoms with van der Waals surface area (Å²) in [7, 11) is 0. The number of aliphatic hydroxyl groups is 1. The van der Waals surface area contributed by atoms with Gasteiger partial charge in [-0.25, -0.2) is 4.39 Å². The van der Waals surface area contributed by atoms with Crippen LogP contribution in [0.15, 0.2) is 95.9 Å². The van der Waals surface area contributed by atoms with Crippen molar-refractivity contribution in [2.45, 2.75) is 49.5 Å². The van der Waals surface area contributed by atoms with Crippen LogP contribution in [0, 0.1) is 5.82 Å². The van der Waals surface area contributed by atoms with Crippen LogP contribution in [0.2, 0.25) is 5.02 Å². The summed E-state index contributed by atoms with van der Waals surface area (Å²) in [6.45, 7) is 2.20. The zero-order valence-electron chi connectivity index (χ0n) is 23.4. The summed E-state index contributed by atoms with van der Waals surface area (Å²) >= 11 is 6.64. The van der Waals surface area contributed by atoms with Crippen LogP contribution in [0.1, 0.15) is 47.1 Å². The van der Waals surface area contributed by atoms with Crippen molar-refractivity contribution in [1.29, 1.82) is 0 Å². The molecule has 0 aliphatic heterocycles. The highest BCUT2D eigenvalue weighted by molar-refractivity contribution is 7.93. The van der Waals surface area contributed by atoms with E-state index >= 15 is 0 Å². The molecule has 0 radical (unpaired) electrons. The van der Waals surface area contributed by atoms with Gasteiger partial charge >= 0.3 is 6.18 Å². The molecule has 0 fully saturated rings. The largest absolute Gasteiger partial charge is 0.493 e. The molecule has 0 aliphatic rings. The molecular weight excluding hydrogens is 602 g/mol. The van der Waals surface area contributed by atoms with Crippen molar-refractivity contribution in [3.8, 4) is 5.75 Å². The molecule has 0 amide bonds. The van der Waals surface area contributed by atoms with Gasteiger partial charge in [0.2, 0.25) is 0 Å². The average Bonchev–Trinajstić information content (AvgIpc) is 3.00. The number of hydrogen-bond acceptors (Lipinski definition) is 5. The van der Waals surface area contributed by atoms with Crippen LogP contribution in [0.25, 0.3) is 0 Å². The van der Waals surface area contributed by atoms with Crippen LogP contribution in [-0.4, -0.2) is 33.8 Å². The van der Waals surface area contributed by atoms with Gasteiger partial charge in [-0.1, -0.05) is 84.4 Å². The van der Waals surface area contributed by atoms with Crippen molar-refractivity contribution < 1.29 is 32.0 Å². The number of hydrogen-bond donors (Lipinski definition) is 2. The Morgan fingerprint density at radius 1 is 0.930 bits per heavy atom. The van der Waals surface area contributed by atoms with Gasteiger partial charge in [-0.15, -0.1) is 0 Å². The fraction of sp³-hybridized carbons (Fsp3) is 0.273. The normalized spacial score (nSPS) is 12.6. The van der Waals surface area contributed by atoms with Crippen molar-refractivity contribution in [1.82, 2.24) is 4.90 Å². The number of aliphatic hydroxyl groups excluding tert-OH is 1. The van der Waals surface area contributed by atoms with Crippen LogP contribution >= 0.6 is 23.6 Å². The third-order valence-electron chi connectivity index (χ3n) is 7.39. The second-order valence-electron chi connectivity index (χ2n) is 10.2. The number of benzene rings is 4. The van der Waals surface area contributed by atoms with Gasteiger partial charge in [0.1, 0.15) is 11.6 Å². The van der Waals surface area contributed by atoms with Gasteiger partial charge in [-0.2, -0.15) is 13.2 Å². The molecule has 0 saturated heterocycles. The van der Waals surface area contributed by atoms with Crippen molar-refractivity contribution in [3.63, 3.8) is 0 Å². The zero-order valence-corrected chi connectivity index (χ0v) is 25.0. The summed E-state index contributed by atoms with van der Waals surface area (Å²) in [5.41, 5.74) is 1.58. The Kier molecular flexibility index (Phi) is 11.5. The van der Waals surface area contributed by atoms with Crippen molar-refractivity contribution in [2.24, 2.45) is 0 Å². The molecule has 4 aromatic rings. The maximum absolute atomic E-state index is 14.4. The number of rotatable bonds is 13. The van der Waals surface area contributed by atoms with Crippen LogP contribution in [0.3, 0.4) is 0 Å². The lowest BCUT2D eigenvalue weighted by Gasteiger charge is -2.34. The Hall–Kier alpha value is -3.08. The second-order valence-corrected chi connectivity index (χ2v) is 11.2. The van der Waals surface area contributed by atoms with E-state index in [0.717, 1.165) is 23.3 Å². The van der Waals surface area contributed by atoms with Crippen molar-refractivity contribution in [3.05, 3.63) is 130 Å². The molecular formula is C33H32ClF4NO3S. The quantitative estimate of drug-likeness (QED) is 0.114. The van der Waals surface area contributed by atoms with Crippen LogP contribution in [0.4, 0.5) is 17.6 Å². The number of halogens is 5.